The topological polar surface area (TPSA) is 65.8 Å². The molecule has 1 spiro atoms. The second kappa shape index (κ2) is 7.50. The van der Waals surface area contributed by atoms with E-state index in [9.17, 15) is 14.7 Å². The number of carboxylic acids is 1. The largest absolute Gasteiger partial charge is 0.481 e. The van der Waals surface area contributed by atoms with Gasteiger partial charge in [-0.2, -0.15) is 0 Å². The molecule has 0 radical (unpaired) electrons. The zero-order chi connectivity index (χ0) is 19.8. The predicted molar refractivity (Wildman–Crippen MR) is 105 cm³/mol. The van der Waals surface area contributed by atoms with Crippen LogP contribution in [0.2, 0.25) is 0 Å². The number of likely N-dealkylation sites (tertiary alicyclic amines) is 2. The van der Waals surface area contributed by atoms with Crippen LogP contribution in [0.25, 0.3) is 0 Å². The van der Waals surface area contributed by atoms with Crippen LogP contribution in [0.1, 0.15) is 42.7 Å². The summed E-state index contributed by atoms with van der Waals surface area (Å²) in [6, 6.07) is 1.87. The molecule has 0 bridgehead atoms. The molecule has 1 N–H and O–H groups in total. The monoisotopic (exact) mass is 373 g/mol. The summed E-state index contributed by atoms with van der Waals surface area (Å²) in [7, 11) is 1.94. The normalized spacial score (nSPS) is 23.2. The van der Waals surface area contributed by atoms with Crippen molar-refractivity contribution in [2.75, 3.05) is 32.7 Å². The maximum Gasteiger partial charge on any atom is 0.308 e. The summed E-state index contributed by atoms with van der Waals surface area (Å²) in [5, 5.41) is 9.81. The number of carbonyl (C=O) groups is 2. The van der Waals surface area contributed by atoms with Gasteiger partial charge in [0.2, 0.25) is 0 Å². The maximum atomic E-state index is 12.9. The van der Waals surface area contributed by atoms with Gasteiger partial charge in [0.1, 0.15) is 0 Å². The minimum Gasteiger partial charge on any atom is -0.481 e. The van der Waals surface area contributed by atoms with Crippen molar-refractivity contribution in [3.8, 4) is 0 Å². The predicted octanol–water partition coefficient (Wildman–Crippen LogP) is 2.54. The van der Waals surface area contributed by atoms with E-state index in [0.717, 1.165) is 37.2 Å². The van der Waals surface area contributed by atoms with Crippen LogP contribution in [0.3, 0.4) is 0 Å². The second-order valence-corrected chi connectivity index (χ2v) is 8.28. The van der Waals surface area contributed by atoms with Crippen molar-refractivity contribution >= 4 is 11.9 Å². The van der Waals surface area contributed by atoms with Crippen LogP contribution in [-0.2, 0) is 11.8 Å². The molecule has 1 aromatic rings. The Kier molecular flexibility index (Phi) is 5.47. The maximum absolute atomic E-state index is 12.9. The van der Waals surface area contributed by atoms with E-state index in [0.29, 0.717) is 19.6 Å². The molecule has 3 heterocycles. The molecule has 27 heavy (non-hydrogen) atoms. The lowest BCUT2D eigenvalue weighted by Crippen LogP contribution is -2.48. The van der Waals surface area contributed by atoms with Gasteiger partial charge in [-0.25, -0.2) is 0 Å². The lowest BCUT2D eigenvalue weighted by atomic mass is 9.71. The number of aromatic nitrogens is 1. The molecule has 0 aliphatic carbocycles. The fraction of sp³-hybridized carbons (Fsp3) is 0.619. The Labute approximate surface area is 161 Å². The fourth-order valence-corrected chi connectivity index (χ4v) is 4.64. The Morgan fingerprint density at radius 1 is 1.33 bits per heavy atom. The minimum atomic E-state index is -0.700. The van der Waals surface area contributed by atoms with E-state index < -0.39 is 5.97 Å². The van der Waals surface area contributed by atoms with E-state index in [-0.39, 0.29) is 17.2 Å². The number of amides is 1. The van der Waals surface area contributed by atoms with Crippen molar-refractivity contribution in [2.45, 2.75) is 33.6 Å². The third-order valence-corrected chi connectivity index (χ3v) is 6.64. The first kappa shape index (κ1) is 19.7. The number of aryl methyl sites for hydroxylation is 1. The molecule has 2 aliphatic heterocycles. The number of carboxylic acid groups (broad SMARTS) is 1. The van der Waals surface area contributed by atoms with E-state index in [1.165, 1.54) is 5.57 Å². The molecule has 6 nitrogen and oxygen atoms in total. The van der Waals surface area contributed by atoms with Gasteiger partial charge in [-0.15, -0.1) is 0 Å². The van der Waals surface area contributed by atoms with Crippen LogP contribution in [0.5, 0.6) is 0 Å². The molecule has 3 rings (SSSR count). The number of hydrogen-bond donors (Lipinski definition) is 1. The van der Waals surface area contributed by atoms with E-state index in [1.54, 1.807) is 0 Å². The molecular formula is C21H31N3O3. The standard InChI is InChI=1S/C21H31N3O3/c1-5-15(2)12-23-13-18(20(26)27)21(14-23)7-10-24(11-8-21)19(25)17-6-9-22(4)16(17)3/h5-6,9,18H,7-8,10-14H2,1-4H3,(H,26,27). The number of rotatable bonds is 4. The summed E-state index contributed by atoms with van der Waals surface area (Å²) < 4.78 is 1.96. The van der Waals surface area contributed by atoms with Crippen molar-refractivity contribution in [3.05, 3.63) is 35.2 Å². The number of aliphatic carboxylic acids is 1. The summed E-state index contributed by atoms with van der Waals surface area (Å²) in [6.07, 6.45) is 5.51. The molecule has 1 atom stereocenters. The van der Waals surface area contributed by atoms with Crippen LogP contribution >= 0.6 is 0 Å². The number of piperidine rings is 1. The molecule has 148 valence electrons. The highest BCUT2D eigenvalue weighted by Gasteiger charge is 2.51. The van der Waals surface area contributed by atoms with E-state index in [1.807, 2.05) is 42.6 Å². The quantitative estimate of drug-likeness (QED) is 0.824. The van der Waals surface area contributed by atoms with Crippen LogP contribution in [0, 0.1) is 18.3 Å². The van der Waals surface area contributed by atoms with Crippen LogP contribution in [-0.4, -0.2) is 64.1 Å². The summed E-state index contributed by atoms with van der Waals surface area (Å²) in [6.45, 7) is 9.57. The van der Waals surface area contributed by atoms with Gasteiger partial charge in [0, 0.05) is 57.1 Å². The highest BCUT2D eigenvalue weighted by molar-refractivity contribution is 5.95. The van der Waals surface area contributed by atoms with Crippen molar-refractivity contribution in [3.63, 3.8) is 0 Å². The SMILES string of the molecule is CC=C(C)CN1CC(C(=O)O)C2(CCN(C(=O)c3ccn(C)c3C)CC2)C1. The second-order valence-electron chi connectivity index (χ2n) is 8.28. The van der Waals surface area contributed by atoms with E-state index in [2.05, 4.69) is 17.9 Å². The summed E-state index contributed by atoms with van der Waals surface area (Å²) in [4.78, 5) is 29.0. The lowest BCUT2D eigenvalue weighted by molar-refractivity contribution is -0.145. The van der Waals surface area contributed by atoms with Crippen LogP contribution in [0.4, 0.5) is 0 Å². The van der Waals surface area contributed by atoms with Crippen molar-refractivity contribution in [1.82, 2.24) is 14.4 Å². The molecular weight excluding hydrogens is 342 g/mol. The summed E-state index contributed by atoms with van der Waals surface area (Å²) in [5.41, 5.74) is 2.77. The van der Waals surface area contributed by atoms with E-state index >= 15 is 0 Å². The fourth-order valence-electron chi connectivity index (χ4n) is 4.64. The zero-order valence-electron chi connectivity index (χ0n) is 16.9. The van der Waals surface area contributed by atoms with Crippen LogP contribution < -0.4 is 0 Å². The smallest absolute Gasteiger partial charge is 0.308 e. The third kappa shape index (κ3) is 3.68. The molecule has 0 saturated carbocycles. The van der Waals surface area contributed by atoms with Gasteiger partial charge in [-0.05, 0) is 39.7 Å². The van der Waals surface area contributed by atoms with Gasteiger partial charge in [0.05, 0.1) is 11.5 Å². The number of hydrogen-bond acceptors (Lipinski definition) is 3. The molecule has 1 aromatic heterocycles. The molecule has 2 fully saturated rings. The first-order chi connectivity index (χ1) is 12.8. The first-order valence-electron chi connectivity index (χ1n) is 9.75. The van der Waals surface area contributed by atoms with Crippen molar-refractivity contribution in [1.29, 1.82) is 0 Å². The molecule has 1 amide bonds. The summed E-state index contributed by atoms with van der Waals surface area (Å²) in [5.74, 6) is -0.985. The van der Waals surface area contributed by atoms with Gasteiger partial charge in [0.15, 0.2) is 0 Å². The van der Waals surface area contributed by atoms with Crippen molar-refractivity contribution in [2.24, 2.45) is 18.4 Å². The number of allylic oxidation sites excluding steroid dienone is 1. The molecule has 0 aromatic carbocycles. The Bertz CT molecular complexity index is 757. The number of nitrogens with zero attached hydrogens (tertiary/aromatic N) is 3. The Morgan fingerprint density at radius 3 is 2.52 bits per heavy atom. The average Bonchev–Trinajstić information content (AvgIpc) is 3.16. The molecule has 2 saturated heterocycles. The highest BCUT2D eigenvalue weighted by Crippen LogP contribution is 2.45. The first-order valence-corrected chi connectivity index (χ1v) is 9.75. The average molecular weight is 373 g/mol. The highest BCUT2D eigenvalue weighted by atomic mass is 16.4. The Hall–Kier alpha value is -2.08. The zero-order valence-corrected chi connectivity index (χ0v) is 16.9. The van der Waals surface area contributed by atoms with Crippen molar-refractivity contribution < 1.29 is 14.7 Å². The molecule has 1 unspecified atom stereocenters. The van der Waals surface area contributed by atoms with Gasteiger partial charge in [-0.3, -0.25) is 14.5 Å². The van der Waals surface area contributed by atoms with Gasteiger partial charge >= 0.3 is 5.97 Å². The minimum absolute atomic E-state index is 0.0643. The summed E-state index contributed by atoms with van der Waals surface area (Å²) >= 11 is 0. The molecule has 2 aliphatic rings. The number of carbonyl (C=O) groups excluding carboxylic acids is 1. The lowest BCUT2D eigenvalue weighted by Gasteiger charge is -2.41. The van der Waals surface area contributed by atoms with Crippen LogP contribution in [0.15, 0.2) is 23.9 Å². The van der Waals surface area contributed by atoms with Gasteiger partial charge in [-0.1, -0.05) is 11.6 Å². The third-order valence-electron chi connectivity index (χ3n) is 6.64. The molecule has 6 heteroatoms. The van der Waals surface area contributed by atoms with E-state index in [4.69, 9.17) is 0 Å². The van der Waals surface area contributed by atoms with Gasteiger partial charge in [0.25, 0.3) is 5.91 Å². The Balaban J connectivity index is 1.71. The Morgan fingerprint density at radius 2 is 2.00 bits per heavy atom. The van der Waals surface area contributed by atoms with Gasteiger partial charge < -0.3 is 14.6 Å².